The van der Waals surface area contributed by atoms with Gasteiger partial charge in [-0.1, -0.05) is 50.1 Å². The molecule has 4 aliphatic carbocycles. The van der Waals surface area contributed by atoms with Gasteiger partial charge in [0.1, 0.15) is 0 Å². The van der Waals surface area contributed by atoms with E-state index in [0.29, 0.717) is 21.8 Å². The number of hydrogen-bond acceptors (Lipinski definition) is 8. The Bertz CT molecular complexity index is 2030. The predicted molar refractivity (Wildman–Crippen MR) is 235 cm³/mol. The zero-order valence-electron chi connectivity index (χ0n) is 34.6. The van der Waals surface area contributed by atoms with Gasteiger partial charge in [-0.3, -0.25) is 9.69 Å². The lowest BCUT2D eigenvalue weighted by Crippen LogP contribution is -2.61. The zero-order chi connectivity index (χ0) is 39.8. The number of piperazine rings is 1. The minimum absolute atomic E-state index is 0.0824. The molecular formula is C47H63N5O3S2. The van der Waals surface area contributed by atoms with Crippen molar-refractivity contribution in [2.75, 3.05) is 68.3 Å². The molecule has 8 nitrogen and oxygen atoms in total. The van der Waals surface area contributed by atoms with Crippen LogP contribution in [-0.4, -0.2) is 88.3 Å². The van der Waals surface area contributed by atoms with Crippen molar-refractivity contribution in [3.05, 3.63) is 95.1 Å². The maximum absolute atomic E-state index is 13.5. The number of carbonyl (C=O) groups is 1. The van der Waals surface area contributed by atoms with E-state index in [2.05, 4.69) is 69.8 Å². The molecule has 9 rings (SSSR count). The first-order valence-electron chi connectivity index (χ1n) is 21.4. The zero-order valence-corrected chi connectivity index (χ0v) is 36.2. The van der Waals surface area contributed by atoms with Gasteiger partial charge in [-0.05, 0) is 154 Å². The summed E-state index contributed by atoms with van der Waals surface area (Å²) in [6.07, 6.45) is 11.6. The van der Waals surface area contributed by atoms with Crippen molar-refractivity contribution in [2.24, 2.45) is 16.2 Å². The Hall–Kier alpha value is -3.31. The molecule has 0 radical (unpaired) electrons. The van der Waals surface area contributed by atoms with Crippen LogP contribution in [0.3, 0.4) is 0 Å². The van der Waals surface area contributed by atoms with Gasteiger partial charge in [0.2, 0.25) is 0 Å². The first-order valence-corrected chi connectivity index (χ1v) is 23.9. The molecule has 2 aliphatic heterocycles. The fourth-order valence-corrected chi connectivity index (χ4v) is 12.7. The molecule has 2 saturated heterocycles. The third kappa shape index (κ3) is 9.29. The van der Waals surface area contributed by atoms with E-state index < -0.39 is 15.9 Å². The van der Waals surface area contributed by atoms with Gasteiger partial charge in [-0.15, -0.1) is 11.8 Å². The van der Waals surface area contributed by atoms with Crippen molar-refractivity contribution < 1.29 is 13.2 Å². The van der Waals surface area contributed by atoms with Crippen molar-refractivity contribution in [2.45, 2.75) is 101 Å². The number of benzene rings is 3. The van der Waals surface area contributed by atoms with Gasteiger partial charge in [0.15, 0.2) is 0 Å². The highest BCUT2D eigenvalue weighted by Gasteiger charge is 2.66. The van der Waals surface area contributed by atoms with Crippen molar-refractivity contribution >= 4 is 39.1 Å². The summed E-state index contributed by atoms with van der Waals surface area (Å²) in [5, 5.41) is 3.72. The molecule has 0 aromatic heterocycles. The van der Waals surface area contributed by atoms with E-state index in [1.807, 2.05) is 48.5 Å². The maximum Gasteiger partial charge on any atom is 0.264 e. The first-order chi connectivity index (χ1) is 27.3. The fraction of sp³-hybridized carbons (Fsp3) is 0.553. The maximum atomic E-state index is 13.5. The number of amides is 1. The third-order valence-corrected chi connectivity index (χ3v) is 16.2. The second-order valence-corrected chi connectivity index (χ2v) is 21.8. The van der Waals surface area contributed by atoms with Crippen LogP contribution in [-0.2, 0) is 10.0 Å². The molecule has 306 valence electrons. The van der Waals surface area contributed by atoms with E-state index in [-0.39, 0.29) is 10.9 Å². The lowest BCUT2D eigenvalue weighted by atomic mass is 9.33. The topological polar surface area (TPSA) is 85.0 Å². The van der Waals surface area contributed by atoms with Crippen LogP contribution in [0, 0.1) is 23.2 Å². The van der Waals surface area contributed by atoms with Gasteiger partial charge in [0.05, 0.1) is 4.90 Å². The van der Waals surface area contributed by atoms with E-state index in [1.165, 1.54) is 56.3 Å². The average Bonchev–Trinajstić information content (AvgIpc) is 3.70. The van der Waals surface area contributed by atoms with Crippen LogP contribution in [0.4, 0.5) is 11.4 Å². The molecular weight excluding hydrogens is 747 g/mol. The summed E-state index contributed by atoms with van der Waals surface area (Å²) in [7, 11) is -4.07. The summed E-state index contributed by atoms with van der Waals surface area (Å²) in [6, 6.07) is 23.1. The lowest BCUT2D eigenvalue weighted by molar-refractivity contribution is -0.167. The van der Waals surface area contributed by atoms with Crippen LogP contribution in [0.5, 0.6) is 0 Å². The summed E-state index contributed by atoms with van der Waals surface area (Å²) >= 11 is 1.84. The van der Waals surface area contributed by atoms with Crippen LogP contribution < -0.4 is 14.9 Å². The van der Waals surface area contributed by atoms with Crippen molar-refractivity contribution in [1.82, 2.24) is 14.5 Å². The van der Waals surface area contributed by atoms with Gasteiger partial charge in [-0.25, -0.2) is 13.1 Å². The summed E-state index contributed by atoms with van der Waals surface area (Å²) in [5.41, 5.74) is 8.27. The number of sulfonamides is 1. The highest BCUT2D eigenvalue weighted by molar-refractivity contribution is 7.99. The Morgan fingerprint density at radius 1 is 0.860 bits per heavy atom. The van der Waals surface area contributed by atoms with E-state index in [1.54, 1.807) is 29.8 Å². The second kappa shape index (κ2) is 16.4. The number of nitrogens with one attached hydrogen (secondary N) is 2. The number of hydrogen-bond donors (Lipinski definition) is 2. The number of thioether (sulfide) groups is 1. The number of anilines is 2. The van der Waals surface area contributed by atoms with Gasteiger partial charge in [-0.2, -0.15) is 0 Å². The molecule has 1 atom stereocenters. The molecule has 57 heavy (non-hydrogen) atoms. The minimum Gasteiger partial charge on any atom is -0.381 e. The Morgan fingerprint density at radius 2 is 1.56 bits per heavy atom. The SMILES string of the molecule is Cc1cc(S(=O)(=O)NC(=O)c2ccc(N3CCN(CC4=C(C56CC(C)(C5)C6)CC(C)(C)CC4)CC3)cc2)ccc1N[C@H](CCN1CCCC1)CSc1ccccc1. The first kappa shape index (κ1) is 40.5. The number of likely N-dealkylation sites (tertiary alicyclic amines) is 1. The molecule has 2 N–H and O–H groups in total. The Labute approximate surface area is 346 Å². The summed E-state index contributed by atoms with van der Waals surface area (Å²) in [4.78, 5) is 22.1. The van der Waals surface area contributed by atoms with E-state index in [0.717, 1.165) is 81.5 Å². The Kier molecular flexibility index (Phi) is 11.6. The van der Waals surface area contributed by atoms with Gasteiger partial charge < -0.3 is 15.1 Å². The molecule has 3 saturated carbocycles. The molecule has 10 heteroatoms. The van der Waals surface area contributed by atoms with Gasteiger partial charge >= 0.3 is 0 Å². The van der Waals surface area contributed by atoms with Crippen LogP contribution in [0.15, 0.2) is 93.7 Å². The number of rotatable bonds is 15. The molecule has 6 aliphatic rings. The van der Waals surface area contributed by atoms with E-state index >= 15 is 0 Å². The number of aryl methyl sites for hydroxylation is 1. The summed E-state index contributed by atoms with van der Waals surface area (Å²) in [6.45, 7) is 17.7. The monoisotopic (exact) mass is 809 g/mol. The number of nitrogens with zero attached hydrogens (tertiary/aromatic N) is 3. The largest absolute Gasteiger partial charge is 0.381 e. The number of allylic oxidation sites excluding steroid dienone is 1. The van der Waals surface area contributed by atoms with Gasteiger partial charge in [0.25, 0.3) is 15.9 Å². The molecule has 3 aromatic rings. The molecule has 2 bridgehead atoms. The standard InChI is InChI=1S/C47H63N5O3S2/c1-35-28-41(16-17-43(35)48-38(19-23-50-21-8-9-22-50)31-56-40-10-6-5-7-11-40)57(54,55)49-44(53)36-12-14-39(15-13-36)52-26-24-51(25-27-52)30-37-18-20-45(2,3)29-42(37)47-32-46(4,33-47)34-47/h5-7,10-17,28,38,48H,8-9,18-27,29-34H2,1-4H3,(H,49,53)/t38-,46?,47?/m1/s1. The fourth-order valence-electron chi connectivity index (χ4n) is 10.6. The molecule has 5 fully saturated rings. The smallest absolute Gasteiger partial charge is 0.264 e. The highest BCUT2D eigenvalue weighted by atomic mass is 32.2. The summed E-state index contributed by atoms with van der Waals surface area (Å²) in [5.74, 6) is 0.282. The molecule has 0 unspecified atom stereocenters. The van der Waals surface area contributed by atoms with Crippen LogP contribution in [0.25, 0.3) is 0 Å². The highest BCUT2D eigenvalue weighted by Crippen LogP contribution is 2.77. The second-order valence-electron chi connectivity index (χ2n) is 19.1. The van der Waals surface area contributed by atoms with Crippen molar-refractivity contribution in [3.63, 3.8) is 0 Å². The minimum atomic E-state index is -4.07. The van der Waals surface area contributed by atoms with E-state index in [9.17, 15) is 13.2 Å². The Balaban J connectivity index is 0.845. The van der Waals surface area contributed by atoms with Gasteiger partial charge in [0, 0.05) is 72.9 Å². The Morgan fingerprint density at radius 3 is 2.23 bits per heavy atom. The molecule has 1 amide bonds. The van der Waals surface area contributed by atoms with Crippen LogP contribution in [0.1, 0.15) is 94.5 Å². The van der Waals surface area contributed by atoms with Crippen LogP contribution >= 0.6 is 11.8 Å². The van der Waals surface area contributed by atoms with E-state index in [4.69, 9.17) is 0 Å². The summed E-state index contributed by atoms with van der Waals surface area (Å²) < 4.78 is 29.3. The third-order valence-electron chi connectivity index (χ3n) is 13.7. The van der Waals surface area contributed by atoms with Crippen LogP contribution in [0.2, 0.25) is 0 Å². The van der Waals surface area contributed by atoms with Crippen molar-refractivity contribution in [1.29, 1.82) is 0 Å². The predicted octanol–water partition coefficient (Wildman–Crippen LogP) is 8.99. The quantitative estimate of drug-likeness (QED) is 0.116. The molecule has 3 aromatic carbocycles. The molecule has 2 heterocycles. The molecule has 0 spiro atoms. The average molecular weight is 810 g/mol. The lowest BCUT2D eigenvalue weighted by Gasteiger charge is -2.72. The van der Waals surface area contributed by atoms with Crippen molar-refractivity contribution in [3.8, 4) is 0 Å². The number of carbonyl (C=O) groups excluding carboxylic acids is 1. The normalized spacial score (nSPS) is 25.4.